The predicted octanol–water partition coefficient (Wildman–Crippen LogP) is 4.67. The lowest BCUT2D eigenvalue weighted by Gasteiger charge is -2.08. The molecule has 0 radical (unpaired) electrons. The number of hydrogen-bond donors (Lipinski definition) is 0. The van der Waals surface area contributed by atoms with Gasteiger partial charge in [-0.05, 0) is 50.4 Å². The first-order valence-electron chi connectivity index (χ1n) is 6.91. The number of ketones is 1. The first kappa shape index (κ1) is 16.9. The minimum atomic E-state index is -0.355. The Morgan fingerprint density at radius 3 is 2.52 bits per heavy atom. The molecule has 0 fully saturated rings. The summed E-state index contributed by atoms with van der Waals surface area (Å²) in [6.07, 6.45) is 0.629. The van der Waals surface area contributed by atoms with E-state index in [4.69, 9.17) is 4.74 Å². The summed E-state index contributed by atoms with van der Waals surface area (Å²) in [6, 6.07) is 7.30. The maximum absolute atomic E-state index is 13.0. The number of carbonyl (C=O) groups is 2. The zero-order valence-electron chi connectivity index (χ0n) is 12.1. The van der Waals surface area contributed by atoms with Gasteiger partial charge in [0.25, 0.3) is 0 Å². The van der Waals surface area contributed by atoms with Gasteiger partial charge in [0.05, 0.1) is 22.0 Å². The third-order valence-electron chi connectivity index (χ3n) is 3.98. The monoisotopic (exact) mass is 503 g/mol. The van der Waals surface area contributed by atoms with Crippen molar-refractivity contribution in [1.29, 1.82) is 0 Å². The van der Waals surface area contributed by atoms with Gasteiger partial charge in [0.15, 0.2) is 0 Å². The molecule has 0 saturated carbocycles. The molecule has 1 unspecified atom stereocenters. The fourth-order valence-electron chi connectivity index (χ4n) is 2.91. The van der Waals surface area contributed by atoms with E-state index < -0.39 is 0 Å². The number of benzene rings is 1. The van der Waals surface area contributed by atoms with Crippen LogP contribution in [0.3, 0.4) is 0 Å². The molecule has 2 heterocycles. The number of hydrogen-bond acceptors (Lipinski definition) is 3. The number of esters is 1. The van der Waals surface area contributed by atoms with Crippen molar-refractivity contribution in [2.75, 3.05) is 7.11 Å². The second-order valence-electron chi connectivity index (χ2n) is 5.19. The molecular formula is C16H12Br3NO3. The maximum Gasteiger partial charge on any atom is 0.314 e. The highest BCUT2D eigenvalue weighted by atomic mass is 79.9. The molecule has 1 aromatic heterocycles. The van der Waals surface area contributed by atoms with Crippen molar-refractivity contribution in [3.05, 3.63) is 54.6 Å². The number of ether oxygens (including phenoxy) is 1. The van der Waals surface area contributed by atoms with Crippen LogP contribution in [0.4, 0.5) is 0 Å². The van der Waals surface area contributed by atoms with Crippen LogP contribution < -0.4 is 0 Å². The van der Waals surface area contributed by atoms with Crippen LogP contribution in [0.25, 0.3) is 0 Å². The zero-order chi connectivity index (χ0) is 16.7. The SMILES string of the molecule is COC(=O)C1CCn2c(C(=O)c3ccccc3Br)c(Br)c(Br)c21. The number of fused-ring (bicyclic) bond motifs is 1. The molecule has 0 bridgehead atoms. The molecule has 3 rings (SSSR count). The molecule has 1 atom stereocenters. The van der Waals surface area contributed by atoms with E-state index in [1.807, 2.05) is 22.8 Å². The molecule has 0 N–H and O–H groups in total. The highest BCUT2D eigenvalue weighted by Crippen LogP contribution is 2.44. The molecule has 0 amide bonds. The summed E-state index contributed by atoms with van der Waals surface area (Å²) in [5.74, 6) is -0.734. The van der Waals surface area contributed by atoms with E-state index in [1.165, 1.54) is 7.11 Å². The number of rotatable bonds is 3. The lowest BCUT2D eigenvalue weighted by atomic mass is 10.1. The molecule has 1 aliphatic heterocycles. The fourth-order valence-corrected chi connectivity index (χ4v) is 4.65. The average molecular weight is 506 g/mol. The third-order valence-corrected chi connectivity index (χ3v) is 6.78. The molecule has 0 aliphatic carbocycles. The normalized spacial score (nSPS) is 16.3. The van der Waals surface area contributed by atoms with Crippen molar-refractivity contribution < 1.29 is 14.3 Å². The minimum Gasteiger partial charge on any atom is -0.469 e. The second kappa shape index (κ2) is 6.53. The first-order chi connectivity index (χ1) is 11.0. The Hall–Kier alpha value is -0.920. The highest BCUT2D eigenvalue weighted by molar-refractivity contribution is 9.13. The van der Waals surface area contributed by atoms with Gasteiger partial charge in [0, 0.05) is 22.3 Å². The van der Waals surface area contributed by atoms with Crippen LogP contribution in [0.1, 0.15) is 34.1 Å². The Labute approximate surface area is 158 Å². The second-order valence-corrected chi connectivity index (χ2v) is 7.63. The summed E-state index contributed by atoms with van der Waals surface area (Å²) in [7, 11) is 1.38. The molecule has 0 spiro atoms. The fraction of sp³-hybridized carbons (Fsp3) is 0.250. The number of nitrogens with zero attached hydrogens (tertiary/aromatic N) is 1. The number of methoxy groups -OCH3 is 1. The molecular weight excluding hydrogens is 494 g/mol. The largest absolute Gasteiger partial charge is 0.469 e. The molecule has 2 aromatic rings. The maximum atomic E-state index is 13.0. The molecule has 4 nitrogen and oxygen atoms in total. The smallest absolute Gasteiger partial charge is 0.314 e. The van der Waals surface area contributed by atoms with E-state index >= 15 is 0 Å². The Morgan fingerprint density at radius 2 is 1.87 bits per heavy atom. The van der Waals surface area contributed by atoms with Crippen LogP contribution in [0.15, 0.2) is 37.7 Å². The standard InChI is InChI=1S/C16H12Br3NO3/c1-23-16(22)9-6-7-20-13(9)11(18)12(19)14(20)15(21)8-4-2-3-5-10(8)17/h2-5,9H,6-7H2,1H3. The van der Waals surface area contributed by atoms with Gasteiger partial charge >= 0.3 is 5.97 Å². The van der Waals surface area contributed by atoms with Crippen LogP contribution in [0.2, 0.25) is 0 Å². The van der Waals surface area contributed by atoms with E-state index in [-0.39, 0.29) is 17.7 Å². The molecule has 1 aromatic carbocycles. The highest BCUT2D eigenvalue weighted by Gasteiger charge is 2.37. The summed E-state index contributed by atoms with van der Waals surface area (Å²) in [5.41, 5.74) is 1.92. The van der Waals surface area contributed by atoms with Gasteiger partial charge in [-0.1, -0.05) is 28.1 Å². The van der Waals surface area contributed by atoms with Crippen molar-refractivity contribution in [2.45, 2.75) is 18.9 Å². The topological polar surface area (TPSA) is 48.3 Å². The van der Waals surface area contributed by atoms with Crippen LogP contribution in [-0.4, -0.2) is 23.4 Å². The Kier molecular flexibility index (Phi) is 4.80. The minimum absolute atomic E-state index is 0.0955. The van der Waals surface area contributed by atoms with Gasteiger partial charge in [0.1, 0.15) is 5.69 Å². The quantitative estimate of drug-likeness (QED) is 0.450. The number of halogens is 3. The van der Waals surface area contributed by atoms with Crippen LogP contribution in [0, 0.1) is 0 Å². The lowest BCUT2D eigenvalue weighted by Crippen LogP contribution is -2.12. The number of carbonyl (C=O) groups excluding carboxylic acids is 2. The van der Waals surface area contributed by atoms with Gasteiger partial charge in [-0.25, -0.2) is 0 Å². The first-order valence-corrected chi connectivity index (χ1v) is 9.29. The molecule has 0 saturated heterocycles. The zero-order valence-corrected chi connectivity index (χ0v) is 16.9. The Balaban J connectivity index is 2.13. The Bertz CT molecular complexity index is 813. The van der Waals surface area contributed by atoms with Gasteiger partial charge in [-0.15, -0.1) is 0 Å². The molecule has 23 heavy (non-hydrogen) atoms. The molecule has 7 heteroatoms. The van der Waals surface area contributed by atoms with E-state index in [1.54, 1.807) is 6.07 Å². The van der Waals surface area contributed by atoms with Crippen LogP contribution >= 0.6 is 47.8 Å². The van der Waals surface area contributed by atoms with E-state index in [0.717, 1.165) is 14.6 Å². The van der Waals surface area contributed by atoms with E-state index in [0.29, 0.717) is 28.7 Å². The average Bonchev–Trinajstić information content (AvgIpc) is 3.07. The van der Waals surface area contributed by atoms with E-state index in [9.17, 15) is 9.59 Å². The lowest BCUT2D eigenvalue weighted by molar-refractivity contribution is -0.142. The van der Waals surface area contributed by atoms with E-state index in [2.05, 4.69) is 47.8 Å². The molecule has 120 valence electrons. The third kappa shape index (κ3) is 2.72. The van der Waals surface area contributed by atoms with Crippen LogP contribution in [0.5, 0.6) is 0 Å². The summed E-state index contributed by atoms with van der Waals surface area (Å²) in [4.78, 5) is 25.0. The summed E-state index contributed by atoms with van der Waals surface area (Å²) >= 11 is 10.4. The van der Waals surface area contributed by atoms with Gasteiger partial charge < -0.3 is 9.30 Å². The van der Waals surface area contributed by atoms with Crippen molar-refractivity contribution in [1.82, 2.24) is 4.57 Å². The summed E-state index contributed by atoms with van der Waals surface area (Å²) < 4.78 is 8.93. The Morgan fingerprint density at radius 1 is 1.17 bits per heavy atom. The number of aromatic nitrogens is 1. The predicted molar refractivity (Wildman–Crippen MR) is 96.8 cm³/mol. The van der Waals surface area contributed by atoms with Crippen molar-refractivity contribution >= 4 is 59.5 Å². The summed E-state index contributed by atoms with van der Waals surface area (Å²) in [6.45, 7) is 0.602. The van der Waals surface area contributed by atoms with Gasteiger partial charge in [0.2, 0.25) is 5.78 Å². The van der Waals surface area contributed by atoms with Crippen molar-refractivity contribution in [3.63, 3.8) is 0 Å². The molecule has 1 aliphatic rings. The van der Waals surface area contributed by atoms with Gasteiger partial charge in [-0.2, -0.15) is 0 Å². The van der Waals surface area contributed by atoms with Crippen molar-refractivity contribution in [2.24, 2.45) is 0 Å². The van der Waals surface area contributed by atoms with Crippen LogP contribution in [-0.2, 0) is 16.1 Å². The summed E-state index contributed by atoms with van der Waals surface area (Å²) in [5, 5.41) is 0. The van der Waals surface area contributed by atoms with Gasteiger partial charge in [-0.3, -0.25) is 9.59 Å². The van der Waals surface area contributed by atoms with Crippen molar-refractivity contribution in [3.8, 4) is 0 Å².